The fourth-order valence-electron chi connectivity index (χ4n) is 4.07. The minimum absolute atomic E-state index is 0.121. The van der Waals surface area contributed by atoms with Crippen molar-refractivity contribution < 1.29 is 9.53 Å². The molecule has 0 radical (unpaired) electrons. The number of fused-ring (bicyclic) bond motifs is 1. The molecular formula is C24H26N2O2. The number of nitrogens with zero attached hydrogens (tertiary/aromatic N) is 1. The molecule has 4 rings (SSSR count). The summed E-state index contributed by atoms with van der Waals surface area (Å²) in [5.74, 6) is 0.182. The van der Waals surface area contributed by atoms with Gasteiger partial charge in [-0.15, -0.1) is 0 Å². The summed E-state index contributed by atoms with van der Waals surface area (Å²) >= 11 is 0. The smallest absolute Gasteiger partial charge is 0.255 e. The van der Waals surface area contributed by atoms with Crippen LogP contribution in [0.3, 0.4) is 0 Å². The van der Waals surface area contributed by atoms with Crippen LogP contribution in [0.5, 0.6) is 5.75 Å². The second kappa shape index (κ2) is 8.03. The predicted molar refractivity (Wildman–Crippen MR) is 113 cm³/mol. The normalized spacial score (nSPS) is 15.6. The molecule has 1 saturated heterocycles. The molecule has 0 saturated carbocycles. The van der Waals surface area contributed by atoms with E-state index >= 15 is 0 Å². The third kappa shape index (κ3) is 3.87. The van der Waals surface area contributed by atoms with Crippen LogP contribution in [0.1, 0.15) is 31.4 Å². The summed E-state index contributed by atoms with van der Waals surface area (Å²) in [5.41, 5.74) is 8.83. The Labute approximate surface area is 165 Å². The molecule has 0 bridgehead atoms. The number of likely N-dealkylation sites (tertiary alicyclic amines) is 1. The van der Waals surface area contributed by atoms with Crippen LogP contribution in [0, 0.1) is 0 Å². The minimum Gasteiger partial charge on any atom is -0.484 e. The lowest BCUT2D eigenvalue weighted by Crippen LogP contribution is -2.23. The van der Waals surface area contributed by atoms with E-state index in [1.165, 1.54) is 36.9 Å². The minimum atomic E-state index is -0.476. The number of carbonyl (C=O) groups excluding carboxylic acids is 1. The molecule has 1 fully saturated rings. The van der Waals surface area contributed by atoms with Gasteiger partial charge in [-0.2, -0.15) is 0 Å². The number of rotatable bonds is 6. The largest absolute Gasteiger partial charge is 0.484 e. The molecule has 3 aromatic rings. The molecule has 4 heteroatoms. The van der Waals surface area contributed by atoms with Crippen LogP contribution in [0.25, 0.3) is 21.9 Å². The average Bonchev–Trinajstić information content (AvgIpc) is 3.26. The van der Waals surface area contributed by atoms with Crippen LogP contribution in [0.2, 0.25) is 0 Å². The van der Waals surface area contributed by atoms with Gasteiger partial charge in [0.1, 0.15) is 5.75 Å². The van der Waals surface area contributed by atoms with Crippen molar-refractivity contribution >= 4 is 16.7 Å². The maximum Gasteiger partial charge on any atom is 0.255 e. The van der Waals surface area contributed by atoms with E-state index in [9.17, 15) is 4.79 Å². The van der Waals surface area contributed by atoms with Crippen molar-refractivity contribution in [3.05, 3.63) is 66.2 Å². The Morgan fingerprint density at radius 1 is 1.07 bits per heavy atom. The van der Waals surface area contributed by atoms with Gasteiger partial charge < -0.3 is 10.5 Å². The fourth-order valence-corrected chi connectivity index (χ4v) is 4.07. The molecule has 28 heavy (non-hydrogen) atoms. The first-order chi connectivity index (χ1) is 13.6. The molecule has 3 aromatic carbocycles. The van der Waals surface area contributed by atoms with Crippen molar-refractivity contribution in [1.82, 2.24) is 4.90 Å². The molecule has 1 atom stereocenters. The highest BCUT2D eigenvalue weighted by molar-refractivity contribution is 5.98. The van der Waals surface area contributed by atoms with Gasteiger partial charge in [0.15, 0.2) is 6.61 Å². The van der Waals surface area contributed by atoms with Gasteiger partial charge in [-0.1, -0.05) is 42.5 Å². The van der Waals surface area contributed by atoms with Crippen molar-refractivity contribution in [3.63, 3.8) is 0 Å². The molecule has 4 nitrogen and oxygen atoms in total. The van der Waals surface area contributed by atoms with E-state index in [1.54, 1.807) is 0 Å². The quantitative estimate of drug-likeness (QED) is 0.690. The van der Waals surface area contributed by atoms with E-state index in [2.05, 4.69) is 48.2 Å². The van der Waals surface area contributed by atoms with E-state index in [0.717, 1.165) is 16.5 Å². The number of carbonyl (C=O) groups is 1. The lowest BCUT2D eigenvalue weighted by atomic mass is 9.95. The highest BCUT2D eigenvalue weighted by atomic mass is 16.5. The van der Waals surface area contributed by atoms with Crippen LogP contribution in [-0.2, 0) is 4.79 Å². The summed E-state index contributed by atoms with van der Waals surface area (Å²) in [7, 11) is 0. The number of amides is 1. The number of hydrogen-bond acceptors (Lipinski definition) is 3. The lowest BCUT2D eigenvalue weighted by Gasteiger charge is -2.24. The van der Waals surface area contributed by atoms with Crippen LogP contribution < -0.4 is 10.5 Å². The molecule has 1 aliphatic heterocycles. The monoisotopic (exact) mass is 374 g/mol. The molecule has 0 spiro atoms. The van der Waals surface area contributed by atoms with E-state index < -0.39 is 5.91 Å². The molecule has 1 unspecified atom stereocenters. The Kier molecular flexibility index (Phi) is 5.31. The van der Waals surface area contributed by atoms with Crippen LogP contribution in [0.4, 0.5) is 0 Å². The topological polar surface area (TPSA) is 55.6 Å². The molecule has 1 heterocycles. The highest BCUT2D eigenvalue weighted by Gasteiger charge is 2.20. The summed E-state index contributed by atoms with van der Waals surface area (Å²) in [5, 5.41) is 2.25. The Balaban J connectivity index is 1.75. The van der Waals surface area contributed by atoms with Gasteiger partial charge in [-0.3, -0.25) is 9.69 Å². The zero-order valence-electron chi connectivity index (χ0n) is 16.2. The van der Waals surface area contributed by atoms with Gasteiger partial charge in [-0.25, -0.2) is 0 Å². The van der Waals surface area contributed by atoms with Crippen LogP contribution in [0.15, 0.2) is 60.7 Å². The molecule has 1 aliphatic rings. The first kappa shape index (κ1) is 18.5. The summed E-state index contributed by atoms with van der Waals surface area (Å²) in [6, 6.07) is 21.4. The summed E-state index contributed by atoms with van der Waals surface area (Å²) in [4.78, 5) is 13.7. The number of benzene rings is 3. The van der Waals surface area contributed by atoms with E-state index in [0.29, 0.717) is 11.8 Å². The van der Waals surface area contributed by atoms with Gasteiger partial charge >= 0.3 is 0 Å². The zero-order valence-corrected chi connectivity index (χ0v) is 16.2. The molecule has 1 amide bonds. The van der Waals surface area contributed by atoms with E-state index in [4.69, 9.17) is 10.5 Å². The van der Waals surface area contributed by atoms with Crippen molar-refractivity contribution in [2.45, 2.75) is 25.8 Å². The predicted octanol–water partition coefficient (Wildman–Crippen LogP) is 4.53. The third-order valence-electron chi connectivity index (χ3n) is 5.58. The number of nitrogens with two attached hydrogens (primary N) is 1. The SMILES string of the molecule is CC(c1cccc(-c2cc(OCC(N)=O)cc3ccccc23)c1)N1CCCC1. The molecule has 144 valence electrons. The number of ether oxygens (including phenoxy) is 1. The third-order valence-corrected chi connectivity index (χ3v) is 5.58. The molecule has 0 aromatic heterocycles. The Hall–Kier alpha value is -2.85. The first-order valence-corrected chi connectivity index (χ1v) is 9.90. The zero-order chi connectivity index (χ0) is 19.5. The Morgan fingerprint density at radius 3 is 2.64 bits per heavy atom. The van der Waals surface area contributed by atoms with Gasteiger partial charge in [0.25, 0.3) is 5.91 Å². The summed E-state index contributed by atoms with van der Waals surface area (Å²) < 4.78 is 5.61. The number of primary amides is 1. The lowest BCUT2D eigenvalue weighted by molar-refractivity contribution is -0.119. The van der Waals surface area contributed by atoms with Gasteiger partial charge in [-0.05, 0) is 78.5 Å². The van der Waals surface area contributed by atoms with E-state index in [-0.39, 0.29) is 6.61 Å². The Morgan fingerprint density at radius 2 is 1.86 bits per heavy atom. The molecular weight excluding hydrogens is 348 g/mol. The first-order valence-electron chi connectivity index (χ1n) is 9.90. The molecule has 2 N–H and O–H groups in total. The second-order valence-electron chi connectivity index (χ2n) is 7.49. The highest BCUT2D eigenvalue weighted by Crippen LogP contribution is 2.35. The Bertz CT molecular complexity index is 993. The van der Waals surface area contributed by atoms with Crippen molar-refractivity contribution in [2.75, 3.05) is 19.7 Å². The van der Waals surface area contributed by atoms with Crippen molar-refractivity contribution in [3.8, 4) is 16.9 Å². The summed E-state index contributed by atoms with van der Waals surface area (Å²) in [6.07, 6.45) is 2.57. The standard InChI is InChI=1S/C24H26N2O2/c1-17(26-11-4-5-12-26)18-8-6-9-19(13-18)23-15-21(28-16-24(25)27)14-20-7-2-3-10-22(20)23/h2-3,6-10,13-15,17H,4-5,11-12,16H2,1H3,(H2,25,27). The van der Waals surface area contributed by atoms with Crippen LogP contribution >= 0.6 is 0 Å². The maximum absolute atomic E-state index is 11.1. The van der Waals surface area contributed by atoms with Gasteiger partial charge in [0.2, 0.25) is 0 Å². The maximum atomic E-state index is 11.1. The van der Waals surface area contributed by atoms with Crippen molar-refractivity contribution in [2.24, 2.45) is 5.73 Å². The van der Waals surface area contributed by atoms with Gasteiger partial charge in [0.05, 0.1) is 0 Å². The van der Waals surface area contributed by atoms with Crippen molar-refractivity contribution in [1.29, 1.82) is 0 Å². The summed E-state index contributed by atoms with van der Waals surface area (Å²) in [6.45, 7) is 4.51. The van der Waals surface area contributed by atoms with Crippen LogP contribution in [-0.4, -0.2) is 30.5 Å². The van der Waals surface area contributed by atoms with E-state index in [1.807, 2.05) is 24.3 Å². The van der Waals surface area contributed by atoms with Gasteiger partial charge in [0, 0.05) is 6.04 Å². The average molecular weight is 374 g/mol. The fraction of sp³-hybridized carbons (Fsp3) is 0.292. The second-order valence-corrected chi connectivity index (χ2v) is 7.49. The molecule has 0 aliphatic carbocycles. The number of hydrogen-bond donors (Lipinski definition) is 1.